The molecule has 1 aromatic carbocycles. The molecule has 102 valence electrons. The molecule has 4 heteroatoms. The molecule has 2 unspecified atom stereocenters. The summed E-state index contributed by atoms with van der Waals surface area (Å²) in [6, 6.07) is 8.95. The van der Waals surface area contributed by atoms with Crippen LogP contribution in [0.1, 0.15) is 37.5 Å². The Morgan fingerprint density at radius 3 is 3.00 bits per heavy atom. The molecule has 2 atom stereocenters. The molecule has 0 spiro atoms. The van der Waals surface area contributed by atoms with Gasteiger partial charge in [-0.15, -0.1) is 11.6 Å². The molecule has 0 amide bonds. The molecule has 3 rings (SSSR count). The molecule has 0 bridgehead atoms. The summed E-state index contributed by atoms with van der Waals surface area (Å²) in [5.41, 5.74) is 2.31. The molecule has 1 aromatic heterocycles. The second-order valence-electron chi connectivity index (χ2n) is 5.20. The van der Waals surface area contributed by atoms with Crippen LogP contribution in [0.2, 0.25) is 0 Å². The number of alkyl halides is 1. The number of hydrogen-bond donors (Lipinski definition) is 0. The molecule has 0 saturated heterocycles. The molecule has 1 aliphatic carbocycles. The number of benzene rings is 1. The summed E-state index contributed by atoms with van der Waals surface area (Å²) in [7, 11) is 0. The molecule has 1 heterocycles. The fourth-order valence-corrected chi connectivity index (χ4v) is 4.17. The standard InChI is InChI=1S/C15H19ClN2S/c1-19-12-6-4-5-11(9-12)18-14-8-3-2-7-13(14)17-15(18)10-16/h2-3,7-8,11-12H,4-6,9-10H2,1H3. The number of hydrogen-bond acceptors (Lipinski definition) is 2. The Balaban J connectivity index is 2.02. The Bertz CT molecular complexity index is 566. The van der Waals surface area contributed by atoms with Gasteiger partial charge in [0.05, 0.1) is 16.9 Å². The Morgan fingerprint density at radius 2 is 2.21 bits per heavy atom. The zero-order valence-electron chi connectivity index (χ0n) is 11.2. The minimum absolute atomic E-state index is 0.495. The van der Waals surface area contributed by atoms with Crippen molar-refractivity contribution in [1.82, 2.24) is 9.55 Å². The van der Waals surface area contributed by atoms with Gasteiger partial charge in [-0.1, -0.05) is 18.6 Å². The lowest BCUT2D eigenvalue weighted by atomic mass is 9.94. The smallest absolute Gasteiger partial charge is 0.125 e. The van der Waals surface area contributed by atoms with Crippen LogP contribution < -0.4 is 0 Å². The zero-order chi connectivity index (χ0) is 13.2. The lowest BCUT2D eigenvalue weighted by Crippen LogP contribution is -2.21. The van der Waals surface area contributed by atoms with Gasteiger partial charge in [0, 0.05) is 11.3 Å². The lowest BCUT2D eigenvalue weighted by molar-refractivity contribution is 0.362. The zero-order valence-corrected chi connectivity index (χ0v) is 12.8. The van der Waals surface area contributed by atoms with Crippen LogP contribution in [0.25, 0.3) is 11.0 Å². The summed E-state index contributed by atoms with van der Waals surface area (Å²) in [5.74, 6) is 1.52. The van der Waals surface area contributed by atoms with E-state index in [1.165, 1.54) is 31.2 Å². The van der Waals surface area contributed by atoms with Crippen molar-refractivity contribution in [1.29, 1.82) is 0 Å². The Hall–Kier alpha value is -0.670. The SMILES string of the molecule is CSC1CCCC(n2c(CCl)nc3ccccc32)C1. The van der Waals surface area contributed by atoms with E-state index in [0.29, 0.717) is 11.9 Å². The average molecular weight is 295 g/mol. The van der Waals surface area contributed by atoms with Crippen LogP contribution in [0.3, 0.4) is 0 Å². The first-order valence-electron chi connectivity index (χ1n) is 6.88. The van der Waals surface area contributed by atoms with Gasteiger partial charge in [0.1, 0.15) is 5.82 Å². The van der Waals surface area contributed by atoms with Crippen LogP contribution >= 0.6 is 23.4 Å². The first-order chi connectivity index (χ1) is 9.33. The van der Waals surface area contributed by atoms with Crippen LogP contribution in [0.4, 0.5) is 0 Å². The number of nitrogens with zero attached hydrogens (tertiary/aromatic N) is 2. The molecular formula is C15H19ClN2S. The van der Waals surface area contributed by atoms with Gasteiger partial charge < -0.3 is 4.57 Å². The summed E-state index contributed by atoms with van der Waals surface area (Å²) in [6.07, 6.45) is 7.37. The van der Waals surface area contributed by atoms with Gasteiger partial charge >= 0.3 is 0 Å². The first-order valence-corrected chi connectivity index (χ1v) is 8.70. The van der Waals surface area contributed by atoms with Gasteiger partial charge in [-0.05, 0) is 37.7 Å². The third-order valence-corrected chi connectivity index (χ3v) is 5.42. The van der Waals surface area contributed by atoms with Gasteiger partial charge in [0.25, 0.3) is 0 Å². The van der Waals surface area contributed by atoms with Crippen molar-refractivity contribution in [3.8, 4) is 0 Å². The van der Waals surface area contributed by atoms with Crippen molar-refractivity contribution in [2.45, 2.75) is 42.9 Å². The van der Waals surface area contributed by atoms with Crippen molar-refractivity contribution in [2.24, 2.45) is 0 Å². The van der Waals surface area contributed by atoms with Gasteiger partial charge in [-0.2, -0.15) is 11.8 Å². The molecule has 1 saturated carbocycles. The molecule has 0 aliphatic heterocycles. The molecule has 1 fully saturated rings. The van der Waals surface area contributed by atoms with Crippen molar-refractivity contribution in [2.75, 3.05) is 6.26 Å². The van der Waals surface area contributed by atoms with E-state index in [1.807, 2.05) is 17.8 Å². The topological polar surface area (TPSA) is 17.8 Å². The maximum atomic E-state index is 6.10. The summed E-state index contributed by atoms with van der Waals surface area (Å²) in [4.78, 5) is 4.68. The van der Waals surface area contributed by atoms with Crippen molar-refractivity contribution >= 4 is 34.4 Å². The molecule has 2 nitrogen and oxygen atoms in total. The summed E-state index contributed by atoms with van der Waals surface area (Å²) >= 11 is 8.10. The Labute approximate surface area is 123 Å². The second kappa shape index (κ2) is 5.76. The normalized spacial score (nSPS) is 23.9. The maximum absolute atomic E-state index is 6.10. The quantitative estimate of drug-likeness (QED) is 0.769. The van der Waals surface area contributed by atoms with E-state index < -0.39 is 0 Å². The number of imidazole rings is 1. The number of para-hydroxylation sites is 2. The summed E-state index contributed by atoms with van der Waals surface area (Å²) in [5, 5.41) is 0.781. The van der Waals surface area contributed by atoms with E-state index in [0.717, 1.165) is 16.6 Å². The van der Waals surface area contributed by atoms with E-state index in [4.69, 9.17) is 11.6 Å². The largest absolute Gasteiger partial charge is 0.324 e. The highest BCUT2D eigenvalue weighted by Gasteiger charge is 2.25. The second-order valence-corrected chi connectivity index (χ2v) is 6.60. The van der Waals surface area contributed by atoms with Gasteiger partial charge in [0.15, 0.2) is 0 Å². The molecular weight excluding hydrogens is 276 g/mol. The molecule has 1 aliphatic rings. The van der Waals surface area contributed by atoms with E-state index in [9.17, 15) is 0 Å². The van der Waals surface area contributed by atoms with Crippen LogP contribution in [0.15, 0.2) is 24.3 Å². The number of halogens is 1. The highest BCUT2D eigenvalue weighted by molar-refractivity contribution is 7.99. The average Bonchev–Trinajstić information content (AvgIpc) is 2.85. The fourth-order valence-electron chi connectivity index (χ4n) is 3.16. The van der Waals surface area contributed by atoms with E-state index in [-0.39, 0.29) is 0 Å². The maximum Gasteiger partial charge on any atom is 0.125 e. The van der Waals surface area contributed by atoms with Gasteiger partial charge in [-0.25, -0.2) is 4.98 Å². The minimum atomic E-state index is 0.495. The Kier molecular flexibility index (Phi) is 4.04. The van der Waals surface area contributed by atoms with Gasteiger partial charge in [0.2, 0.25) is 0 Å². The monoisotopic (exact) mass is 294 g/mol. The molecule has 0 radical (unpaired) electrons. The van der Waals surface area contributed by atoms with E-state index in [1.54, 1.807) is 0 Å². The van der Waals surface area contributed by atoms with Crippen LogP contribution in [-0.4, -0.2) is 21.1 Å². The van der Waals surface area contributed by atoms with Crippen LogP contribution in [0.5, 0.6) is 0 Å². The highest BCUT2D eigenvalue weighted by Crippen LogP contribution is 2.36. The number of aromatic nitrogens is 2. The van der Waals surface area contributed by atoms with E-state index in [2.05, 4.69) is 34.0 Å². The van der Waals surface area contributed by atoms with E-state index >= 15 is 0 Å². The predicted octanol–water partition coefficient (Wildman–Crippen LogP) is 4.62. The molecule has 19 heavy (non-hydrogen) atoms. The lowest BCUT2D eigenvalue weighted by Gasteiger charge is -2.30. The molecule has 0 N–H and O–H groups in total. The first kappa shape index (κ1) is 13.3. The Morgan fingerprint density at radius 1 is 1.37 bits per heavy atom. The minimum Gasteiger partial charge on any atom is -0.324 e. The number of fused-ring (bicyclic) bond motifs is 1. The van der Waals surface area contributed by atoms with Gasteiger partial charge in [-0.3, -0.25) is 0 Å². The van der Waals surface area contributed by atoms with Crippen LogP contribution in [0, 0.1) is 0 Å². The van der Waals surface area contributed by atoms with Crippen molar-refractivity contribution < 1.29 is 0 Å². The third kappa shape index (κ3) is 2.50. The number of thioether (sulfide) groups is 1. The van der Waals surface area contributed by atoms with Crippen molar-refractivity contribution in [3.63, 3.8) is 0 Å². The van der Waals surface area contributed by atoms with Crippen LogP contribution in [-0.2, 0) is 5.88 Å². The third-order valence-electron chi connectivity index (χ3n) is 4.09. The predicted molar refractivity (Wildman–Crippen MR) is 84.1 cm³/mol. The highest BCUT2D eigenvalue weighted by atomic mass is 35.5. The summed E-state index contributed by atoms with van der Waals surface area (Å²) < 4.78 is 2.39. The van der Waals surface area contributed by atoms with Crippen molar-refractivity contribution in [3.05, 3.63) is 30.1 Å². The number of rotatable bonds is 3. The molecule has 2 aromatic rings. The summed E-state index contributed by atoms with van der Waals surface area (Å²) in [6.45, 7) is 0. The fraction of sp³-hybridized carbons (Fsp3) is 0.533.